The van der Waals surface area contributed by atoms with Gasteiger partial charge >= 0.3 is 0 Å². The second-order valence-electron chi connectivity index (χ2n) is 8.08. The Labute approximate surface area is 161 Å². The molecular formula is C22H30N2O3. The summed E-state index contributed by atoms with van der Waals surface area (Å²) in [6, 6.07) is 9.43. The molecule has 27 heavy (non-hydrogen) atoms. The van der Waals surface area contributed by atoms with Crippen molar-refractivity contribution >= 4 is 17.6 Å². The second kappa shape index (κ2) is 8.68. The van der Waals surface area contributed by atoms with Gasteiger partial charge < -0.3 is 9.80 Å². The monoisotopic (exact) mass is 370 g/mol. The summed E-state index contributed by atoms with van der Waals surface area (Å²) < 4.78 is 0. The molecule has 0 unspecified atom stereocenters. The number of carbonyl (C=O) groups excluding carboxylic acids is 3. The second-order valence-corrected chi connectivity index (χ2v) is 8.08. The van der Waals surface area contributed by atoms with Crippen LogP contribution in [0.4, 0.5) is 0 Å². The number of hydrogen-bond acceptors (Lipinski definition) is 3. The molecule has 0 spiro atoms. The first kappa shape index (κ1) is 19.6. The van der Waals surface area contributed by atoms with E-state index in [1.807, 2.05) is 54.0 Å². The fraction of sp³-hybridized carbons (Fsp3) is 0.591. The molecule has 146 valence electrons. The zero-order valence-corrected chi connectivity index (χ0v) is 16.4. The maximum atomic E-state index is 12.8. The number of ketones is 1. The summed E-state index contributed by atoms with van der Waals surface area (Å²) in [7, 11) is 0. The minimum atomic E-state index is 0.0124. The lowest BCUT2D eigenvalue weighted by Crippen LogP contribution is -2.47. The SMILES string of the molecule is CC(C)C(=O)N1CCC(C(=O)N2CCC(C(=O)c3ccccc3)CC2)CC1. The summed E-state index contributed by atoms with van der Waals surface area (Å²) in [4.78, 5) is 41.3. The van der Waals surface area contributed by atoms with Crippen molar-refractivity contribution < 1.29 is 14.4 Å². The highest BCUT2D eigenvalue weighted by Gasteiger charge is 2.33. The van der Waals surface area contributed by atoms with Gasteiger partial charge in [-0.15, -0.1) is 0 Å². The Morgan fingerprint density at radius 3 is 1.89 bits per heavy atom. The van der Waals surface area contributed by atoms with Crippen molar-refractivity contribution in [3.8, 4) is 0 Å². The molecular weight excluding hydrogens is 340 g/mol. The maximum absolute atomic E-state index is 12.8. The van der Waals surface area contributed by atoms with Gasteiger partial charge in [0.25, 0.3) is 0 Å². The van der Waals surface area contributed by atoms with Crippen LogP contribution >= 0.6 is 0 Å². The van der Waals surface area contributed by atoms with E-state index < -0.39 is 0 Å². The van der Waals surface area contributed by atoms with E-state index >= 15 is 0 Å². The lowest BCUT2D eigenvalue weighted by molar-refractivity contribution is -0.142. The molecule has 0 atom stereocenters. The molecule has 2 aliphatic heterocycles. The first-order valence-electron chi connectivity index (χ1n) is 10.1. The molecule has 5 nitrogen and oxygen atoms in total. The normalized spacial score (nSPS) is 19.4. The quantitative estimate of drug-likeness (QED) is 0.766. The van der Waals surface area contributed by atoms with Gasteiger partial charge in [-0.05, 0) is 25.7 Å². The summed E-state index contributed by atoms with van der Waals surface area (Å²) in [6.07, 6.45) is 2.98. The van der Waals surface area contributed by atoms with Gasteiger partial charge in [0.2, 0.25) is 11.8 Å². The van der Waals surface area contributed by atoms with E-state index in [4.69, 9.17) is 0 Å². The van der Waals surface area contributed by atoms with Gasteiger partial charge in [-0.3, -0.25) is 14.4 Å². The minimum absolute atomic E-state index is 0.0124. The van der Waals surface area contributed by atoms with E-state index in [0.717, 1.165) is 31.2 Å². The van der Waals surface area contributed by atoms with Crippen LogP contribution < -0.4 is 0 Å². The number of piperidine rings is 2. The molecule has 0 bridgehead atoms. The predicted octanol–water partition coefficient (Wildman–Crippen LogP) is 3.00. The maximum Gasteiger partial charge on any atom is 0.225 e. The molecule has 2 saturated heterocycles. The topological polar surface area (TPSA) is 57.7 Å². The van der Waals surface area contributed by atoms with Gasteiger partial charge in [0.05, 0.1) is 0 Å². The number of Topliss-reactive ketones (excluding diaryl/α,β-unsaturated/α-hetero) is 1. The number of carbonyl (C=O) groups is 3. The molecule has 0 N–H and O–H groups in total. The third-order valence-corrected chi connectivity index (χ3v) is 5.89. The Balaban J connectivity index is 1.48. The molecule has 0 saturated carbocycles. The van der Waals surface area contributed by atoms with Crippen molar-refractivity contribution in [1.29, 1.82) is 0 Å². The highest BCUT2D eigenvalue weighted by molar-refractivity contribution is 5.98. The highest BCUT2D eigenvalue weighted by atomic mass is 16.2. The summed E-state index contributed by atoms with van der Waals surface area (Å²) in [5, 5.41) is 0. The van der Waals surface area contributed by atoms with Crippen LogP contribution in [0.1, 0.15) is 49.9 Å². The lowest BCUT2D eigenvalue weighted by Gasteiger charge is -2.37. The van der Waals surface area contributed by atoms with Crippen molar-refractivity contribution in [2.24, 2.45) is 17.8 Å². The Kier molecular flexibility index (Phi) is 6.30. The molecule has 0 aromatic heterocycles. The van der Waals surface area contributed by atoms with Gasteiger partial charge in [-0.1, -0.05) is 44.2 Å². The molecule has 2 amide bonds. The summed E-state index contributed by atoms with van der Waals surface area (Å²) in [6.45, 7) is 6.51. The Bertz CT molecular complexity index is 670. The number of amides is 2. The molecule has 2 fully saturated rings. The van der Waals surface area contributed by atoms with Gasteiger partial charge in [0.15, 0.2) is 5.78 Å². The standard InChI is InChI=1S/C22H30N2O3/c1-16(2)21(26)23-14-10-19(11-15-23)22(27)24-12-8-18(9-13-24)20(25)17-6-4-3-5-7-17/h3-7,16,18-19H,8-15H2,1-2H3. The fourth-order valence-electron chi connectivity index (χ4n) is 4.17. The number of likely N-dealkylation sites (tertiary alicyclic amines) is 2. The zero-order chi connectivity index (χ0) is 19.4. The van der Waals surface area contributed by atoms with Crippen LogP contribution in [0.2, 0.25) is 0 Å². The molecule has 1 aromatic carbocycles. The smallest absolute Gasteiger partial charge is 0.225 e. The third kappa shape index (κ3) is 4.57. The molecule has 5 heteroatoms. The Morgan fingerprint density at radius 1 is 0.815 bits per heavy atom. The molecule has 2 heterocycles. The van der Waals surface area contributed by atoms with Crippen LogP contribution in [0.5, 0.6) is 0 Å². The van der Waals surface area contributed by atoms with E-state index in [1.165, 1.54) is 0 Å². The number of rotatable bonds is 4. The van der Waals surface area contributed by atoms with Crippen LogP contribution in [0, 0.1) is 17.8 Å². The van der Waals surface area contributed by atoms with E-state index in [9.17, 15) is 14.4 Å². The lowest BCUT2D eigenvalue weighted by atomic mass is 9.87. The molecule has 3 rings (SSSR count). The van der Waals surface area contributed by atoms with Crippen LogP contribution in [-0.4, -0.2) is 53.6 Å². The zero-order valence-electron chi connectivity index (χ0n) is 16.4. The van der Waals surface area contributed by atoms with E-state index in [2.05, 4.69) is 0 Å². The average molecular weight is 370 g/mol. The van der Waals surface area contributed by atoms with Crippen molar-refractivity contribution in [2.75, 3.05) is 26.2 Å². The van der Waals surface area contributed by atoms with Crippen LogP contribution in [0.15, 0.2) is 30.3 Å². The largest absolute Gasteiger partial charge is 0.342 e. The molecule has 1 aromatic rings. The predicted molar refractivity (Wildman–Crippen MR) is 104 cm³/mol. The third-order valence-electron chi connectivity index (χ3n) is 5.89. The first-order chi connectivity index (χ1) is 13.0. The molecule has 0 radical (unpaired) electrons. The van der Waals surface area contributed by atoms with Crippen molar-refractivity contribution in [3.63, 3.8) is 0 Å². The number of nitrogens with zero attached hydrogens (tertiary/aromatic N) is 2. The minimum Gasteiger partial charge on any atom is -0.342 e. The summed E-state index contributed by atoms with van der Waals surface area (Å²) in [5.41, 5.74) is 0.768. The highest BCUT2D eigenvalue weighted by Crippen LogP contribution is 2.26. The van der Waals surface area contributed by atoms with E-state index in [-0.39, 0.29) is 35.4 Å². The van der Waals surface area contributed by atoms with Crippen LogP contribution in [0.3, 0.4) is 0 Å². The van der Waals surface area contributed by atoms with Gasteiger partial charge in [0.1, 0.15) is 0 Å². The number of benzene rings is 1. The number of hydrogen-bond donors (Lipinski definition) is 0. The molecule has 0 aliphatic carbocycles. The van der Waals surface area contributed by atoms with E-state index in [0.29, 0.717) is 26.2 Å². The average Bonchev–Trinajstić information content (AvgIpc) is 2.73. The first-order valence-corrected chi connectivity index (χ1v) is 10.1. The summed E-state index contributed by atoms with van der Waals surface area (Å²) in [5.74, 6) is 0.629. The molecule has 2 aliphatic rings. The van der Waals surface area contributed by atoms with Gasteiger partial charge in [0, 0.05) is 49.5 Å². The van der Waals surface area contributed by atoms with E-state index in [1.54, 1.807) is 0 Å². The summed E-state index contributed by atoms with van der Waals surface area (Å²) >= 11 is 0. The van der Waals surface area contributed by atoms with Crippen molar-refractivity contribution in [1.82, 2.24) is 9.80 Å². The Hall–Kier alpha value is -2.17. The fourth-order valence-corrected chi connectivity index (χ4v) is 4.17. The van der Waals surface area contributed by atoms with Crippen LogP contribution in [0.25, 0.3) is 0 Å². The van der Waals surface area contributed by atoms with Gasteiger partial charge in [-0.2, -0.15) is 0 Å². The van der Waals surface area contributed by atoms with Crippen molar-refractivity contribution in [2.45, 2.75) is 39.5 Å². The van der Waals surface area contributed by atoms with Crippen molar-refractivity contribution in [3.05, 3.63) is 35.9 Å². The Morgan fingerprint density at radius 2 is 1.33 bits per heavy atom. The van der Waals surface area contributed by atoms with Gasteiger partial charge in [-0.25, -0.2) is 0 Å². The van der Waals surface area contributed by atoms with Crippen LogP contribution in [-0.2, 0) is 9.59 Å².